The van der Waals surface area contributed by atoms with E-state index in [0.29, 0.717) is 13.0 Å². The SMILES string of the molecule is CCCC1OC(=O)CC(C)(O)C1(Br)c1ccc(C)c(OCc2ccccc2)c1C. The first-order valence-corrected chi connectivity index (χ1v) is 10.9. The highest BCUT2D eigenvalue weighted by molar-refractivity contribution is 9.09. The maximum atomic E-state index is 12.1. The molecule has 2 aromatic rings. The summed E-state index contributed by atoms with van der Waals surface area (Å²) in [5.74, 6) is 0.432. The summed E-state index contributed by atoms with van der Waals surface area (Å²) in [4.78, 5) is 12.1. The monoisotopic (exact) mass is 460 g/mol. The van der Waals surface area contributed by atoms with Crippen LogP contribution in [0.5, 0.6) is 5.75 Å². The molecule has 2 aromatic carbocycles. The van der Waals surface area contributed by atoms with Crippen molar-refractivity contribution in [1.29, 1.82) is 0 Å². The molecule has 0 saturated carbocycles. The van der Waals surface area contributed by atoms with Crippen LogP contribution in [-0.2, 0) is 20.5 Å². The first-order chi connectivity index (χ1) is 13.7. The average molecular weight is 461 g/mol. The minimum absolute atomic E-state index is 0.0635. The molecule has 1 aliphatic rings. The summed E-state index contributed by atoms with van der Waals surface area (Å²) in [6.07, 6.45) is 0.961. The summed E-state index contributed by atoms with van der Waals surface area (Å²) >= 11 is 3.84. The molecule has 0 aliphatic carbocycles. The smallest absolute Gasteiger partial charge is 0.309 e. The zero-order valence-corrected chi connectivity index (χ0v) is 19.1. The Hall–Kier alpha value is -1.85. The van der Waals surface area contributed by atoms with E-state index in [2.05, 4.69) is 15.9 Å². The fourth-order valence-electron chi connectivity index (χ4n) is 4.19. The molecule has 29 heavy (non-hydrogen) atoms. The average Bonchev–Trinajstić information content (AvgIpc) is 2.66. The van der Waals surface area contributed by atoms with Crippen LogP contribution in [0.3, 0.4) is 0 Å². The number of cyclic esters (lactones) is 1. The third-order valence-corrected chi connectivity index (χ3v) is 7.55. The van der Waals surface area contributed by atoms with Gasteiger partial charge in [0.2, 0.25) is 0 Å². The Labute approximate surface area is 181 Å². The zero-order valence-electron chi connectivity index (χ0n) is 17.5. The molecule has 5 heteroatoms. The van der Waals surface area contributed by atoms with Crippen LogP contribution in [0.2, 0.25) is 0 Å². The van der Waals surface area contributed by atoms with Crippen LogP contribution in [0.25, 0.3) is 0 Å². The van der Waals surface area contributed by atoms with E-state index in [9.17, 15) is 9.90 Å². The van der Waals surface area contributed by atoms with Crippen LogP contribution in [0, 0.1) is 13.8 Å². The van der Waals surface area contributed by atoms with Crippen LogP contribution >= 0.6 is 15.9 Å². The summed E-state index contributed by atoms with van der Waals surface area (Å²) in [7, 11) is 0. The summed E-state index contributed by atoms with van der Waals surface area (Å²) < 4.78 is 11.0. The maximum absolute atomic E-state index is 12.1. The van der Waals surface area contributed by atoms with Crippen LogP contribution < -0.4 is 4.74 Å². The molecule has 1 heterocycles. The Kier molecular flexibility index (Phi) is 6.39. The lowest BCUT2D eigenvalue weighted by Gasteiger charge is -2.49. The van der Waals surface area contributed by atoms with Crippen molar-refractivity contribution in [1.82, 2.24) is 0 Å². The van der Waals surface area contributed by atoms with Crippen molar-refractivity contribution in [3.05, 3.63) is 64.7 Å². The van der Waals surface area contributed by atoms with Crippen LogP contribution in [-0.4, -0.2) is 22.8 Å². The van der Waals surface area contributed by atoms with E-state index in [-0.39, 0.29) is 12.4 Å². The van der Waals surface area contributed by atoms with Gasteiger partial charge in [-0.25, -0.2) is 0 Å². The standard InChI is InChI=1S/C24H29BrO4/c1-5-9-20-24(25,23(4,27)14-21(26)29-20)19-13-12-16(2)22(17(19)3)28-15-18-10-7-6-8-11-18/h6-8,10-13,20,27H,5,9,14-15H2,1-4H3. The number of hydrogen-bond acceptors (Lipinski definition) is 4. The van der Waals surface area contributed by atoms with E-state index in [0.717, 1.165) is 34.4 Å². The Morgan fingerprint density at radius 2 is 1.90 bits per heavy atom. The molecule has 0 bridgehead atoms. The third kappa shape index (κ3) is 4.08. The van der Waals surface area contributed by atoms with Gasteiger partial charge in [-0.3, -0.25) is 4.79 Å². The van der Waals surface area contributed by atoms with Crippen molar-refractivity contribution in [3.8, 4) is 5.75 Å². The zero-order chi connectivity index (χ0) is 21.2. The summed E-state index contributed by atoms with van der Waals surface area (Å²) in [6.45, 7) is 8.22. The Balaban J connectivity index is 2.03. The number of rotatable bonds is 6. The highest BCUT2D eigenvalue weighted by atomic mass is 79.9. The minimum atomic E-state index is -1.29. The number of benzene rings is 2. The second-order valence-electron chi connectivity index (χ2n) is 8.09. The number of aryl methyl sites for hydroxylation is 1. The van der Waals surface area contributed by atoms with Crippen molar-refractivity contribution in [2.45, 2.75) is 69.6 Å². The van der Waals surface area contributed by atoms with E-state index >= 15 is 0 Å². The summed E-state index contributed by atoms with van der Waals surface area (Å²) in [6, 6.07) is 14.0. The first-order valence-electron chi connectivity index (χ1n) is 10.1. The van der Waals surface area contributed by atoms with Crippen molar-refractivity contribution in [2.24, 2.45) is 0 Å². The molecule has 0 aromatic heterocycles. The molecule has 0 radical (unpaired) electrons. The molecule has 0 spiro atoms. The summed E-state index contributed by atoms with van der Waals surface area (Å²) in [5.41, 5.74) is 2.66. The molecule has 0 amide bonds. The fraction of sp³-hybridized carbons (Fsp3) is 0.458. The van der Waals surface area contributed by atoms with Crippen LogP contribution in [0.4, 0.5) is 0 Å². The van der Waals surface area contributed by atoms with Gasteiger partial charge in [0.1, 0.15) is 22.8 Å². The Morgan fingerprint density at radius 3 is 2.55 bits per heavy atom. The number of ether oxygens (including phenoxy) is 2. The third-order valence-electron chi connectivity index (χ3n) is 5.76. The van der Waals surface area contributed by atoms with Gasteiger partial charge in [-0.2, -0.15) is 0 Å². The molecule has 4 nitrogen and oxygen atoms in total. The van der Waals surface area contributed by atoms with Crippen molar-refractivity contribution in [3.63, 3.8) is 0 Å². The van der Waals surface area contributed by atoms with Gasteiger partial charge in [0.15, 0.2) is 0 Å². The molecule has 1 saturated heterocycles. The van der Waals surface area contributed by atoms with Crippen molar-refractivity contribution in [2.75, 3.05) is 0 Å². The molecule has 1 N–H and O–H groups in total. The van der Waals surface area contributed by atoms with Gasteiger partial charge in [-0.1, -0.05) is 71.7 Å². The molecule has 156 valence electrons. The lowest BCUT2D eigenvalue weighted by atomic mass is 9.73. The number of carbonyl (C=O) groups excluding carboxylic acids is 1. The number of hydrogen-bond donors (Lipinski definition) is 1. The van der Waals surface area contributed by atoms with E-state index in [4.69, 9.17) is 9.47 Å². The highest BCUT2D eigenvalue weighted by Gasteiger charge is 2.58. The fourth-order valence-corrected chi connectivity index (χ4v) is 5.09. The number of aliphatic hydroxyl groups is 1. The molecule has 3 atom stereocenters. The van der Waals surface area contributed by atoms with Crippen molar-refractivity contribution >= 4 is 21.9 Å². The topological polar surface area (TPSA) is 55.8 Å². The Morgan fingerprint density at radius 1 is 1.21 bits per heavy atom. The minimum Gasteiger partial charge on any atom is -0.488 e. The largest absolute Gasteiger partial charge is 0.488 e. The van der Waals surface area contributed by atoms with E-state index in [1.165, 1.54) is 0 Å². The van der Waals surface area contributed by atoms with Crippen LogP contribution in [0.1, 0.15) is 55.4 Å². The lowest BCUT2D eigenvalue weighted by Crippen LogP contribution is -2.59. The lowest BCUT2D eigenvalue weighted by molar-refractivity contribution is -0.177. The maximum Gasteiger partial charge on any atom is 0.309 e. The summed E-state index contributed by atoms with van der Waals surface area (Å²) in [5, 5.41) is 11.3. The molecular formula is C24H29BrO4. The number of alkyl halides is 1. The second-order valence-corrected chi connectivity index (χ2v) is 9.34. The normalized spacial score (nSPS) is 26.8. The number of halogens is 1. The van der Waals surface area contributed by atoms with Gasteiger partial charge in [0, 0.05) is 0 Å². The Bertz CT molecular complexity index is 878. The predicted octanol–water partition coefficient (Wildman–Crippen LogP) is 5.34. The highest BCUT2D eigenvalue weighted by Crippen LogP contribution is 2.53. The molecular weight excluding hydrogens is 432 g/mol. The van der Waals surface area contributed by atoms with E-state index < -0.39 is 16.0 Å². The first kappa shape index (κ1) is 21.8. The van der Waals surface area contributed by atoms with Gasteiger partial charge >= 0.3 is 5.97 Å². The second kappa shape index (κ2) is 8.49. The van der Waals surface area contributed by atoms with Gasteiger partial charge in [0.25, 0.3) is 0 Å². The quantitative estimate of drug-likeness (QED) is 0.466. The molecule has 1 aliphatic heterocycles. The number of carbonyl (C=O) groups is 1. The van der Waals surface area contributed by atoms with Gasteiger partial charge in [-0.05, 0) is 49.4 Å². The van der Waals surface area contributed by atoms with Crippen molar-refractivity contribution < 1.29 is 19.4 Å². The van der Waals surface area contributed by atoms with E-state index in [1.54, 1.807) is 6.92 Å². The number of esters is 1. The van der Waals surface area contributed by atoms with Gasteiger partial charge in [-0.15, -0.1) is 0 Å². The predicted molar refractivity (Wildman–Crippen MR) is 117 cm³/mol. The molecule has 1 fully saturated rings. The van der Waals surface area contributed by atoms with Gasteiger partial charge < -0.3 is 14.6 Å². The van der Waals surface area contributed by atoms with Crippen LogP contribution in [0.15, 0.2) is 42.5 Å². The molecule has 3 rings (SSSR count). The van der Waals surface area contributed by atoms with Gasteiger partial charge in [0.05, 0.1) is 12.0 Å². The van der Waals surface area contributed by atoms with E-state index in [1.807, 2.05) is 63.2 Å². The molecule has 3 unspecified atom stereocenters.